The monoisotopic (exact) mass is 330 g/mol. The van der Waals surface area contributed by atoms with Crippen LogP contribution in [-0.4, -0.2) is 11.0 Å². The summed E-state index contributed by atoms with van der Waals surface area (Å²) in [5, 5.41) is 6.13. The molecule has 1 N–H and O–H groups in total. The minimum Gasteiger partial charge on any atom is -0.453 e. The summed E-state index contributed by atoms with van der Waals surface area (Å²) >= 11 is 1.54. The van der Waals surface area contributed by atoms with Crippen LogP contribution in [0.1, 0.15) is 44.4 Å². The third-order valence-corrected chi connectivity index (χ3v) is 5.01. The Labute approximate surface area is 140 Å². The summed E-state index contributed by atoms with van der Waals surface area (Å²) in [4.78, 5) is 16.7. The van der Waals surface area contributed by atoms with Crippen molar-refractivity contribution in [3.8, 4) is 0 Å². The number of carbonyl (C=O) groups excluding carboxylic acids is 1. The second kappa shape index (κ2) is 6.32. The first-order chi connectivity index (χ1) is 11.0. The molecule has 0 unspecified atom stereocenters. The summed E-state index contributed by atoms with van der Waals surface area (Å²) in [6, 6.07) is 8.17. The Morgan fingerprint density at radius 1 is 1.48 bits per heavy atom. The van der Waals surface area contributed by atoms with Gasteiger partial charge in [-0.2, -0.15) is 0 Å². The van der Waals surface area contributed by atoms with Crippen molar-refractivity contribution in [1.29, 1.82) is 0 Å². The number of rotatable bonds is 5. The average Bonchev–Trinajstić information content (AvgIpc) is 3.06. The van der Waals surface area contributed by atoms with E-state index in [2.05, 4.69) is 36.3 Å². The summed E-state index contributed by atoms with van der Waals surface area (Å²) in [5.41, 5.74) is 2.46. The normalized spacial score (nSPS) is 23.8. The first kappa shape index (κ1) is 16.0. The van der Waals surface area contributed by atoms with E-state index in [9.17, 15) is 4.79 Å². The second-order valence-corrected chi connectivity index (χ2v) is 7.23. The van der Waals surface area contributed by atoms with Gasteiger partial charge in [0.25, 0.3) is 0 Å². The molecule has 0 saturated carbocycles. The lowest BCUT2D eigenvalue weighted by Gasteiger charge is -2.19. The van der Waals surface area contributed by atoms with Crippen molar-refractivity contribution in [2.24, 2.45) is 5.92 Å². The second-order valence-electron chi connectivity index (χ2n) is 6.37. The number of ether oxygens (including phenoxy) is 1. The smallest absolute Gasteiger partial charge is 0.310 e. The zero-order valence-corrected chi connectivity index (χ0v) is 14.6. The van der Waals surface area contributed by atoms with Crippen LogP contribution in [0.4, 0.5) is 10.8 Å². The molecular formula is C18H22N2O2S. The molecule has 5 heteroatoms. The van der Waals surface area contributed by atoms with Crippen LogP contribution in [0.2, 0.25) is 0 Å². The van der Waals surface area contributed by atoms with Gasteiger partial charge < -0.3 is 10.1 Å². The van der Waals surface area contributed by atoms with Crippen molar-refractivity contribution in [3.63, 3.8) is 0 Å². The number of hydrogen-bond donors (Lipinski definition) is 1. The maximum atomic E-state index is 12.0. The van der Waals surface area contributed by atoms with Crippen LogP contribution in [0, 0.1) is 12.8 Å². The number of thiazole rings is 1. The highest BCUT2D eigenvalue weighted by Crippen LogP contribution is 2.42. The number of benzene rings is 1. The molecule has 1 aromatic carbocycles. The van der Waals surface area contributed by atoms with Gasteiger partial charge >= 0.3 is 5.97 Å². The van der Waals surface area contributed by atoms with Gasteiger partial charge in [-0.1, -0.05) is 25.5 Å². The Balaban J connectivity index is 1.75. The number of nitrogens with one attached hydrogen (secondary N) is 1. The molecule has 0 aliphatic carbocycles. The summed E-state index contributed by atoms with van der Waals surface area (Å²) in [6.07, 6.45) is 2.59. The third kappa shape index (κ3) is 3.39. The molecule has 4 nitrogen and oxygen atoms in total. The van der Waals surface area contributed by atoms with E-state index in [0.29, 0.717) is 6.42 Å². The van der Waals surface area contributed by atoms with Crippen LogP contribution in [0.25, 0.3) is 0 Å². The SMILES string of the molecule is CCC[C@@H]1C[C@@](C)(c2csc(Nc3cccc(C)c3)n2)OC1=O. The van der Waals surface area contributed by atoms with Crippen LogP contribution >= 0.6 is 11.3 Å². The summed E-state index contributed by atoms with van der Waals surface area (Å²) in [7, 11) is 0. The Hall–Kier alpha value is -1.88. The molecule has 3 rings (SSSR count). The zero-order chi connectivity index (χ0) is 16.4. The highest BCUT2D eigenvalue weighted by Gasteiger charge is 2.45. The number of aromatic nitrogens is 1. The Morgan fingerprint density at radius 3 is 3.04 bits per heavy atom. The number of esters is 1. The van der Waals surface area contributed by atoms with Gasteiger partial charge in [-0.15, -0.1) is 11.3 Å². The van der Waals surface area contributed by atoms with Crippen LogP contribution in [0.5, 0.6) is 0 Å². The van der Waals surface area contributed by atoms with E-state index >= 15 is 0 Å². The average molecular weight is 330 g/mol. The molecule has 0 bridgehead atoms. The van der Waals surface area contributed by atoms with Crippen molar-refractivity contribution < 1.29 is 9.53 Å². The van der Waals surface area contributed by atoms with Crippen molar-refractivity contribution in [2.75, 3.05) is 5.32 Å². The van der Waals surface area contributed by atoms with Gasteiger partial charge in [0.2, 0.25) is 0 Å². The third-order valence-electron chi connectivity index (χ3n) is 4.25. The van der Waals surface area contributed by atoms with Crippen LogP contribution in [0.15, 0.2) is 29.6 Å². The molecule has 1 saturated heterocycles. The van der Waals surface area contributed by atoms with Crippen molar-refractivity contribution in [1.82, 2.24) is 4.98 Å². The van der Waals surface area contributed by atoms with E-state index in [1.54, 1.807) is 0 Å². The topological polar surface area (TPSA) is 51.2 Å². The molecule has 1 fully saturated rings. The quantitative estimate of drug-likeness (QED) is 0.802. The Morgan fingerprint density at radius 2 is 2.30 bits per heavy atom. The fraction of sp³-hybridized carbons (Fsp3) is 0.444. The van der Waals surface area contributed by atoms with Gasteiger partial charge in [0.1, 0.15) is 0 Å². The first-order valence-corrected chi connectivity index (χ1v) is 8.90. The van der Waals surface area contributed by atoms with Gasteiger partial charge in [0, 0.05) is 17.5 Å². The Bertz CT molecular complexity index is 713. The molecule has 2 heterocycles. The molecule has 23 heavy (non-hydrogen) atoms. The van der Waals surface area contributed by atoms with Crippen LogP contribution in [-0.2, 0) is 15.1 Å². The molecular weight excluding hydrogens is 308 g/mol. The predicted octanol–water partition coefficient (Wildman–Crippen LogP) is 4.77. The highest BCUT2D eigenvalue weighted by atomic mass is 32.1. The van der Waals surface area contributed by atoms with Crippen LogP contribution in [0.3, 0.4) is 0 Å². The van der Waals surface area contributed by atoms with Crippen molar-refractivity contribution in [3.05, 3.63) is 40.9 Å². The van der Waals surface area contributed by atoms with E-state index in [1.165, 1.54) is 16.9 Å². The summed E-state index contributed by atoms with van der Waals surface area (Å²) in [6.45, 7) is 6.12. The largest absolute Gasteiger partial charge is 0.453 e. The predicted molar refractivity (Wildman–Crippen MR) is 93.0 cm³/mol. The van der Waals surface area contributed by atoms with E-state index in [0.717, 1.165) is 29.4 Å². The highest BCUT2D eigenvalue weighted by molar-refractivity contribution is 7.13. The lowest BCUT2D eigenvalue weighted by atomic mass is 9.91. The minimum absolute atomic E-state index is 0.000109. The summed E-state index contributed by atoms with van der Waals surface area (Å²) < 4.78 is 5.66. The molecule has 2 aromatic rings. The first-order valence-electron chi connectivity index (χ1n) is 8.03. The van der Waals surface area contributed by atoms with Gasteiger partial charge in [0.05, 0.1) is 11.6 Å². The number of anilines is 2. The summed E-state index contributed by atoms with van der Waals surface area (Å²) in [5.74, 6) is -0.0876. The molecule has 1 aromatic heterocycles. The number of aryl methyl sites for hydroxylation is 1. The van der Waals surface area contributed by atoms with Crippen molar-refractivity contribution in [2.45, 2.75) is 45.6 Å². The maximum Gasteiger partial charge on any atom is 0.310 e. The van der Waals surface area contributed by atoms with Crippen LogP contribution < -0.4 is 5.32 Å². The minimum atomic E-state index is -0.597. The van der Waals surface area contributed by atoms with E-state index in [4.69, 9.17) is 4.74 Å². The molecule has 0 spiro atoms. The lowest BCUT2D eigenvalue weighted by molar-refractivity contribution is -0.150. The lowest BCUT2D eigenvalue weighted by Crippen LogP contribution is -2.21. The fourth-order valence-electron chi connectivity index (χ4n) is 3.05. The van der Waals surface area contributed by atoms with Gasteiger partial charge in [0.15, 0.2) is 10.7 Å². The van der Waals surface area contributed by atoms with E-state index in [-0.39, 0.29) is 11.9 Å². The Kier molecular flexibility index (Phi) is 4.39. The number of nitrogens with zero attached hydrogens (tertiary/aromatic N) is 1. The standard InChI is InChI=1S/C18H22N2O2S/c1-4-6-13-10-18(3,22-16(13)21)15-11-23-17(20-15)19-14-8-5-7-12(2)9-14/h5,7-9,11,13H,4,6,10H2,1-3H3,(H,19,20)/t13-,18+/m1/s1. The maximum absolute atomic E-state index is 12.0. The van der Waals surface area contributed by atoms with Gasteiger partial charge in [-0.25, -0.2) is 4.98 Å². The number of hydrogen-bond acceptors (Lipinski definition) is 5. The molecule has 0 radical (unpaired) electrons. The number of carbonyl (C=O) groups is 1. The molecule has 1 aliphatic rings. The van der Waals surface area contributed by atoms with Gasteiger partial charge in [-0.3, -0.25) is 4.79 Å². The number of cyclic esters (lactones) is 1. The molecule has 122 valence electrons. The molecule has 0 amide bonds. The van der Waals surface area contributed by atoms with E-state index in [1.807, 2.05) is 24.4 Å². The molecule has 2 atom stereocenters. The van der Waals surface area contributed by atoms with E-state index < -0.39 is 5.60 Å². The van der Waals surface area contributed by atoms with Crippen molar-refractivity contribution >= 4 is 28.1 Å². The molecule has 1 aliphatic heterocycles. The zero-order valence-electron chi connectivity index (χ0n) is 13.8. The fourth-order valence-corrected chi connectivity index (χ4v) is 3.90. The van der Waals surface area contributed by atoms with Gasteiger partial charge in [-0.05, 0) is 38.0 Å².